The Morgan fingerprint density at radius 2 is 2.29 bits per heavy atom. The van der Waals surface area contributed by atoms with Gasteiger partial charge >= 0.3 is 6.03 Å². The summed E-state index contributed by atoms with van der Waals surface area (Å²) >= 11 is 0. The van der Waals surface area contributed by atoms with E-state index >= 15 is 0 Å². The molecule has 21 heavy (non-hydrogen) atoms. The number of sulfonamides is 1. The van der Waals surface area contributed by atoms with Crippen LogP contribution >= 0.6 is 0 Å². The summed E-state index contributed by atoms with van der Waals surface area (Å²) < 4.78 is 24.0. The Labute approximate surface area is 124 Å². The third-order valence-electron chi connectivity index (χ3n) is 3.47. The molecule has 1 aliphatic rings. The van der Waals surface area contributed by atoms with Crippen molar-refractivity contribution in [3.8, 4) is 0 Å². The van der Waals surface area contributed by atoms with Crippen molar-refractivity contribution in [3.05, 3.63) is 18.7 Å². The standard InChI is InChI=1S/C12H21N5O3S/c13-21(19,20)9-11-2-6-17(8-11)12(18)15-3-1-5-16-7-4-14-10-16/h4,7,10-11H,1-3,5-6,8-9H2,(H,15,18)(H2,13,19,20)/t11-/m1/s1. The van der Waals surface area contributed by atoms with Gasteiger partial charge in [0, 0.05) is 38.6 Å². The van der Waals surface area contributed by atoms with Gasteiger partial charge in [-0.1, -0.05) is 0 Å². The van der Waals surface area contributed by atoms with Crippen molar-refractivity contribution < 1.29 is 13.2 Å². The summed E-state index contributed by atoms with van der Waals surface area (Å²) in [6, 6.07) is -0.141. The van der Waals surface area contributed by atoms with E-state index in [0.29, 0.717) is 26.1 Å². The van der Waals surface area contributed by atoms with Crippen LogP contribution < -0.4 is 10.5 Å². The van der Waals surface area contributed by atoms with Gasteiger partial charge in [-0.2, -0.15) is 0 Å². The number of aromatic nitrogens is 2. The van der Waals surface area contributed by atoms with Gasteiger partial charge in [-0.25, -0.2) is 23.3 Å². The summed E-state index contributed by atoms with van der Waals surface area (Å²) in [5.41, 5.74) is 0. The number of hydrogen-bond acceptors (Lipinski definition) is 4. The van der Waals surface area contributed by atoms with Crippen molar-refractivity contribution in [1.29, 1.82) is 0 Å². The summed E-state index contributed by atoms with van der Waals surface area (Å²) in [5, 5.41) is 7.87. The summed E-state index contributed by atoms with van der Waals surface area (Å²) in [4.78, 5) is 17.5. The number of likely N-dealkylation sites (tertiary alicyclic amines) is 1. The number of nitrogens with one attached hydrogen (secondary N) is 1. The highest BCUT2D eigenvalue weighted by molar-refractivity contribution is 7.89. The minimum absolute atomic E-state index is 0.0581. The minimum Gasteiger partial charge on any atom is -0.338 e. The Hall–Kier alpha value is -1.61. The van der Waals surface area contributed by atoms with E-state index in [1.807, 2.05) is 10.8 Å². The maximum absolute atomic E-state index is 11.9. The summed E-state index contributed by atoms with van der Waals surface area (Å²) in [6.07, 6.45) is 6.82. The van der Waals surface area contributed by atoms with Gasteiger partial charge in [-0.15, -0.1) is 0 Å². The topological polar surface area (TPSA) is 110 Å². The van der Waals surface area contributed by atoms with Gasteiger partial charge in [0.1, 0.15) is 0 Å². The zero-order valence-electron chi connectivity index (χ0n) is 11.8. The second-order valence-corrected chi connectivity index (χ2v) is 6.98. The number of amides is 2. The van der Waals surface area contributed by atoms with Crippen LogP contribution in [-0.2, 0) is 16.6 Å². The number of rotatable bonds is 6. The van der Waals surface area contributed by atoms with Crippen molar-refractivity contribution in [1.82, 2.24) is 19.8 Å². The molecule has 0 aromatic carbocycles. The highest BCUT2D eigenvalue weighted by Gasteiger charge is 2.28. The maximum Gasteiger partial charge on any atom is 0.317 e. The molecule has 0 radical (unpaired) electrons. The monoisotopic (exact) mass is 315 g/mol. The van der Waals surface area contributed by atoms with E-state index in [4.69, 9.17) is 5.14 Å². The van der Waals surface area contributed by atoms with Crippen LogP contribution in [0.3, 0.4) is 0 Å². The lowest BCUT2D eigenvalue weighted by atomic mass is 10.2. The van der Waals surface area contributed by atoms with E-state index in [2.05, 4.69) is 10.3 Å². The molecule has 1 aromatic rings. The molecule has 1 atom stereocenters. The maximum atomic E-state index is 11.9. The number of carbonyl (C=O) groups is 1. The Kier molecular flexibility index (Phi) is 5.18. The molecule has 0 spiro atoms. The molecule has 0 bridgehead atoms. The first-order valence-corrected chi connectivity index (χ1v) is 8.64. The van der Waals surface area contributed by atoms with E-state index in [9.17, 15) is 13.2 Å². The molecule has 1 saturated heterocycles. The molecule has 2 heterocycles. The Morgan fingerprint density at radius 1 is 1.48 bits per heavy atom. The van der Waals surface area contributed by atoms with E-state index in [0.717, 1.165) is 13.0 Å². The lowest BCUT2D eigenvalue weighted by Crippen LogP contribution is -2.39. The number of carbonyl (C=O) groups excluding carboxylic acids is 1. The number of urea groups is 1. The molecule has 3 N–H and O–H groups in total. The number of nitrogens with two attached hydrogens (primary N) is 1. The first-order valence-electron chi connectivity index (χ1n) is 6.93. The fraction of sp³-hybridized carbons (Fsp3) is 0.667. The highest BCUT2D eigenvalue weighted by Crippen LogP contribution is 2.17. The third-order valence-corrected chi connectivity index (χ3v) is 4.41. The summed E-state index contributed by atoms with van der Waals surface area (Å²) in [7, 11) is -3.47. The van der Waals surface area contributed by atoms with Gasteiger partial charge in [-0.05, 0) is 18.8 Å². The molecule has 0 unspecified atom stereocenters. The van der Waals surface area contributed by atoms with E-state index in [1.54, 1.807) is 17.4 Å². The normalized spacial score (nSPS) is 18.9. The van der Waals surface area contributed by atoms with Crippen LogP contribution in [0.1, 0.15) is 12.8 Å². The van der Waals surface area contributed by atoms with Gasteiger partial charge in [-0.3, -0.25) is 0 Å². The Morgan fingerprint density at radius 3 is 2.95 bits per heavy atom. The second kappa shape index (κ2) is 6.90. The second-order valence-electron chi connectivity index (χ2n) is 5.32. The van der Waals surface area contributed by atoms with E-state index < -0.39 is 10.0 Å². The highest BCUT2D eigenvalue weighted by atomic mass is 32.2. The van der Waals surface area contributed by atoms with Crippen LogP contribution in [0.2, 0.25) is 0 Å². The molecule has 118 valence electrons. The van der Waals surface area contributed by atoms with Crippen molar-refractivity contribution in [2.75, 3.05) is 25.4 Å². The van der Waals surface area contributed by atoms with Crippen LogP contribution in [0, 0.1) is 5.92 Å². The zero-order chi connectivity index (χ0) is 15.3. The van der Waals surface area contributed by atoms with E-state index in [-0.39, 0.29) is 17.7 Å². The number of nitrogens with zero attached hydrogens (tertiary/aromatic N) is 3. The number of imidazole rings is 1. The van der Waals surface area contributed by atoms with Crippen molar-refractivity contribution in [2.24, 2.45) is 11.1 Å². The fourth-order valence-corrected chi connectivity index (χ4v) is 3.40. The number of aryl methyl sites for hydroxylation is 1. The van der Waals surface area contributed by atoms with Gasteiger partial charge < -0.3 is 14.8 Å². The Bertz CT molecular complexity index is 557. The molecule has 0 aliphatic carbocycles. The average molecular weight is 315 g/mol. The van der Waals surface area contributed by atoms with Crippen LogP contribution in [0.25, 0.3) is 0 Å². The summed E-state index contributed by atoms with van der Waals surface area (Å²) in [6.45, 7) is 2.40. The van der Waals surface area contributed by atoms with Gasteiger partial charge in [0.2, 0.25) is 10.0 Å². The number of hydrogen-bond donors (Lipinski definition) is 2. The van der Waals surface area contributed by atoms with Crippen LogP contribution in [0.4, 0.5) is 4.79 Å². The molecule has 1 aliphatic heterocycles. The van der Waals surface area contributed by atoms with Gasteiger partial charge in [0.05, 0.1) is 12.1 Å². The largest absolute Gasteiger partial charge is 0.338 e. The lowest BCUT2D eigenvalue weighted by Gasteiger charge is -2.17. The quantitative estimate of drug-likeness (QED) is 0.695. The predicted molar refractivity (Wildman–Crippen MR) is 77.9 cm³/mol. The summed E-state index contributed by atoms with van der Waals surface area (Å²) in [5.74, 6) is -0.117. The molecule has 9 heteroatoms. The minimum atomic E-state index is -3.47. The first-order chi connectivity index (χ1) is 9.94. The number of primary sulfonamides is 1. The molecule has 2 amide bonds. The smallest absolute Gasteiger partial charge is 0.317 e. The molecule has 1 aromatic heterocycles. The molecular formula is C12H21N5O3S. The first kappa shape index (κ1) is 15.8. The SMILES string of the molecule is NS(=O)(=O)C[C@@H]1CCN(C(=O)NCCCn2ccnc2)C1. The molecule has 2 rings (SSSR count). The molecule has 0 saturated carbocycles. The van der Waals surface area contributed by atoms with Gasteiger partial charge in [0.15, 0.2) is 0 Å². The third kappa shape index (κ3) is 5.35. The lowest BCUT2D eigenvalue weighted by molar-refractivity contribution is 0.207. The Balaban J connectivity index is 1.65. The van der Waals surface area contributed by atoms with Crippen LogP contribution in [0.5, 0.6) is 0 Å². The van der Waals surface area contributed by atoms with E-state index in [1.165, 1.54) is 0 Å². The van der Waals surface area contributed by atoms with Crippen molar-refractivity contribution in [2.45, 2.75) is 19.4 Å². The molecule has 1 fully saturated rings. The van der Waals surface area contributed by atoms with Crippen LogP contribution in [-0.4, -0.2) is 54.3 Å². The van der Waals surface area contributed by atoms with Crippen LogP contribution in [0.15, 0.2) is 18.7 Å². The average Bonchev–Trinajstić information content (AvgIpc) is 3.03. The molecular weight excluding hydrogens is 294 g/mol. The van der Waals surface area contributed by atoms with Crippen molar-refractivity contribution in [3.63, 3.8) is 0 Å². The predicted octanol–water partition coefficient (Wildman–Crippen LogP) is -0.407. The molecule has 8 nitrogen and oxygen atoms in total. The fourth-order valence-electron chi connectivity index (χ4n) is 2.47. The zero-order valence-corrected chi connectivity index (χ0v) is 12.6. The van der Waals surface area contributed by atoms with Gasteiger partial charge in [0.25, 0.3) is 0 Å². The van der Waals surface area contributed by atoms with Crippen molar-refractivity contribution >= 4 is 16.1 Å².